The molecule has 0 unspecified atom stereocenters. The molecule has 2 aliphatic rings. The first-order valence-electron chi connectivity index (χ1n) is 7.24. The van der Waals surface area contributed by atoms with Gasteiger partial charge < -0.3 is 15.1 Å². The lowest BCUT2D eigenvalue weighted by molar-refractivity contribution is 0.200. The summed E-state index contributed by atoms with van der Waals surface area (Å²) in [7, 11) is 0. The van der Waals surface area contributed by atoms with Gasteiger partial charge in [0.05, 0.1) is 0 Å². The molecule has 2 amide bonds. The van der Waals surface area contributed by atoms with Crippen LogP contribution in [-0.2, 0) is 0 Å². The average molecular weight is 295 g/mol. The fourth-order valence-electron chi connectivity index (χ4n) is 2.50. The highest BCUT2D eigenvalue weighted by Gasteiger charge is 2.35. The number of nitrogens with one attached hydrogen (secondary N) is 1. The normalized spacial score (nSPS) is 26.3. The number of hydrogen-bond donors (Lipinski definition) is 1. The van der Waals surface area contributed by atoms with E-state index in [0.29, 0.717) is 12.0 Å². The summed E-state index contributed by atoms with van der Waals surface area (Å²) in [6, 6.07) is 0.488. The molecule has 7 heteroatoms. The summed E-state index contributed by atoms with van der Waals surface area (Å²) in [5.74, 6) is 1.47. The van der Waals surface area contributed by atoms with Crippen LogP contribution in [-0.4, -0.2) is 52.5 Å². The van der Waals surface area contributed by atoms with Gasteiger partial charge in [-0.25, -0.2) is 9.78 Å². The zero-order valence-corrected chi connectivity index (χ0v) is 12.8. The number of rotatable bonds is 2. The number of anilines is 1. The second kappa shape index (κ2) is 5.55. The third-order valence-corrected chi connectivity index (χ3v) is 4.86. The van der Waals surface area contributed by atoms with Crippen molar-refractivity contribution in [2.24, 2.45) is 5.92 Å². The van der Waals surface area contributed by atoms with Crippen LogP contribution in [0.3, 0.4) is 0 Å². The van der Waals surface area contributed by atoms with Gasteiger partial charge in [0.2, 0.25) is 5.13 Å². The molecule has 110 valence electrons. The first-order chi connectivity index (χ1) is 9.63. The van der Waals surface area contributed by atoms with Crippen molar-refractivity contribution in [1.29, 1.82) is 0 Å². The summed E-state index contributed by atoms with van der Waals surface area (Å²) in [5.41, 5.74) is 0. The summed E-state index contributed by atoms with van der Waals surface area (Å²) in [5, 5.41) is 4.08. The quantitative estimate of drug-likeness (QED) is 0.897. The number of nitrogens with zero attached hydrogens (tertiary/aromatic N) is 4. The van der Waals surface area contributed by atoms with Gasteiger partial charge in [0.15, 0.2) is 0 Å². The van der Waals surface area contributed by atoms with Crippen LogP contribution in [0.25, 0.3) is 0 Å². The van der Waals surface area contributed by atoms with E-state index in [-0.39, 0.29) is 6.03 Å². The van der Waals surface area contributed by atoms with Gasteiger partial charge in [-0.05, 0) is 25.7 Å². The molecule has 0 aromatic carbocycles. The number of hydrogen-bond acceptors (Lipinski definition) is 5. The Bertz CT molecular complexity index is 491. The number of aromatic nitrogens is 2. The van der Waals surface area contributed by atoms with Gasteiger partial charge in [0.1, 0.15) is 5.82 Å². The minimum atomic E-state index is 0.0923. The van der Waals surface area contributed by atoms with Gasteiger partial charge in [-0.3, -0.25) is 0 Å². The van der Waals surface area contributed by atoms with Crippen LogP contribution in [0.5, 0.6) is 0 Å². The van der Waals surface area contributed by atoms with E-state index in [9.17, 15) is 4.79 Å². The first-order valence-corrected chi connectivity index (χ1v) is 8.01. The zero-order chi connectivity index (χ0) is 14.1. The van der Waals surface area contributed by atoms with Crippen molar-refractivity contribution in [2.75, 3.05) is 31.1 Å². The lowest BCUT2D eigenvalue weighted by atomic mass is 10.4. The molecule has 0 bridgehead atoms. The van der Waals surface area contributed by atoms with Gasteiger partial charge in [-0.1, -0.05) is 6.92 Å². The highest BCUT2D eigenvalue weighted by Crippen LogP contribution is 2.29. The van der Waals surface area contributed by atoms with E-state index in [4.69, 9.17) is 0 Å². The fraction of sp³-hybridized carbons (Fsp3) is 0.769. The van der Waals surface area contributed by atoms with Gasteiger partial charge in [-0.15, -0.1) is 0 Å². The molecule has 0 spiro atoms. The van der Waals surface area contributed by atoms with Crippen LogP contribution in [0.4, 0.5) is 9.93 Å². The lowest BCUT2D eigenvalue weighted by Gasteiger charge is -2.21. The number of aryl methyl sites for hydroxylation is 1. The van der Waals surface area contributed by atoms with Crippen LogP contribution < -0.4 is 10.2 Å². The highest BCUT2D eigenvalue weighted by atomic mass is 32.1. The molecule has 1 aliphatic heterocycles. The maximum Gasteiger partial charge on any atom is 0.317 e. The maximum atomic E-state index is 12.2. The first kappa shape index (κ1) is 13.6. The van der Waals surface area contributed by atoms with Crippen LogP contribution in [0.1, 0.15) is 25.6 Å². The van der Waals surface area contributed by atoms with Gasteiger partial charge in [0, 0.05) is 43.8 Å². The minimum Gasteiger partial charge on any atom is -0.345 e. The van der Waals surface area contributed by atoms with E-state index in [1.54, 1.807) is 0 Å². The second-order valence-corrected chi connectivity index (χ2v) is 6.45. The van der Waals surface area contributed by atoms with Crippen molar-refractivity contribution >= 4 is 22.7 Å². The van der Waals surface area contributed by atoms with E-state index >= 15 is 0 Å². The Hall–Kier alpha value is -1.37. The molecule has 1 aromatic rings. The molecule has 2 heterocycles. The number of urea groups is 1. The molecule has 1 N–H and O–H groups in total. The van der Waals surface area contributed by atoms with Crippen LogP contribution in [0.15, 0.2) is 0 Å². The fourth-order valence-corrected chi connectivity index (χ4v) is 3.23. The van der Waals surface area contributed by atoms with E-state index < -0.39 is 0 Å². The summed E-state index contributed by atoms with van der Waals surface area (Å²) in [6.45, 7) is 7.44. The van der Waals surface area contributed by atoms with Crippen molar-refractivity contribution in [3.8, 4) is 0 Å². The topological polar surface area (TPSA) is 61.4 Å². The summed E-state index contributed by atoms with van der Waals surface area (Å²) in [6.07, 6.45) is 2.10. The smallest absolute Gasteiger partial charge is 0.317 e. The third kappa shape index (κ3) is 3.03. The van der Waals surface area contributed by atoms with Crippen LogP contribution >= 0.6 is 11.5 Å². The lowest BCUT2D eigenvalue weighted by Crippen LogP contribution is -2.43. The Kier molecular flexibility index (Phi) is 3.78. The van der Waals surface area contributed by atoms with Crippen molar-refractivity contribution in [3.63, 3.8) is 0 Å². The largest absolute Gasteiger partial charge is 0.345 e. The predicted octanol–water partition coefficient (Wildman–Crippen LogP) is 1.48. The molecule has 2 atom stereocenters. The molecule has 2 fully saturated rings. The van der Waals surface area contributed by atoms with Crippen molar-refractivity contribution in [1.82, 2.24) is 19.6 Å². The zero-order valence-electron chi connectivity index (χ0n) is 12.0. The van der Waals surface area contributed by atoms with E-state index in [1.807, 2.05) is 11.8 Å². The SMILES string of the molecule is Cc1nsc(N2CCCN(C(=O)N[C@H]3C[C@H]3C)CC2)n1. The Morgan fingerprint density at radius 1 is 1.35 bits per heavy atom. The summed E-state index contributed by atoms with van der Waals surface area (Å²) < 4.78 is 4.23. The number of carbonyl (C=O) groups excluding carboxylic acids is 1. The molecule has 1 aromatic heterocycles. The molecule has 6 nitrogen and oxygen atoms in total. The van der Waals surface area contributed by atoms with Crippen LogP contribution in [0.2, 0.25) is 0 Å². The molecular weight excluding hydrogens is 274 g/mol. The molecule has 1 saturated carbocycles. The Morgan fingerprint density at radius 3 is 2.80 bits per heavy atom. The monoisotopic (exact) mass is 295 g/mol. The van der Waals surface area contributed by atoms with Crippen molar-refractivity contribution < 1.29 is 4.79 Å². The second-order valence-electron chi connectivity index (χ2n) is 5.72. The number of amides is 2. The highest BCUT2D eigenvalue weighted by molar-refractivity contribution is 7.09. The van der Waals surface area contributed by atoms with E-state index in [1.165, 1.54) is 11.5 Å². The van der Waals surface area contributed by atoms with Crippen molar-refractivity contribution in [3.05, 3.63) is 5.82 Å². The maximum absolute atomic E-state index is 12.2. The summed E-state index contributed by atoms with van der Waals surface area (Å²) in [4.78, 5) is 20.8. The van der Waals surface area contributed by atoms with E-state index in [0.717, 1.165) is 50.0 Å². The predicted molar refractivity (Wildman–Crippen MR) is 79.1 cm³/mol. The average Bonchev–Trinajstić information content (AvgIpc) is 3.03. The molecular formula is C13H21N5OS. The van der Waals surface area contributed by atoms with Gasteiger partial charge in [0.25, 0.3) is 0 Å². The summed E-state index contributed by atoms with van der Waals surface area (Å²) >= 11 is 1.44. The Balaban J connectivity index is 1.55. The minimum absolute atomic E-state index is 0.0923. The molecule has 1 saturated heterocycles. The molecule has 0 radical (unpaired) electrons. The third-order valence-electron chi connectivity index (χ3n) is 3.99. The van der Waals surface area contributed by atoms with Gasteiger partial charge in [-0.2, -0.15) is 4.37 Å². The number of carbonyl (C=O) groups is 1. The van der Waals surface area contributed by atoms with Crippen molar-refractivity contribution in [2.45, 2.75) is 32.7 Å². The molecule has 3 rings (SSSR count). The standard InChI is InChI=1S/C13H21N5OS/c1-9-8-11(9)15-12(19)17-4-3-5-18(7-6-17)13-14-10(2)16-20-13/h9,11H,3-8H2,1-2H3,(H,15,19)/t9-,11+/m1/s1. The Morgan fingerprint density at radius 2 is 2.15 bits per heavy atom. The Labute approximate surface area is 123 Å². The molecule has 20 heavy (non-hydrogen) atoms. The van der Waals surface area contributed by atoms with Gasteiger partial charge >= 0.3 is 6.03 Å². The van der Waals surface area contributed by atoms with E-state index in [2.05, 4.69) is 26.5 Å². The van der Waals surface area contributed by atoms with Crippen LogP contribution in [0, 0.1) is 12.8 Å². The molecule has 1 aliphatic carbocycles.